The lowest BCUT2D eigenvalue weighted by Crippen LogP contribution is -2.45. The molecule has 42 heavy (non-hydrogen) atoms. The van der Waals surface area contributed by atoms with E-state index in [-0.39, 0.29) is 30.1 Å². The van der Waals surface area contributed by atoms with Crippen LogP contribution < -0.4 is 15.4 Å². The number of hydrogen-bond donors (Lipinski definition) is 2. The Morgan fingerprint density at radius 2 is 1.93 bits per heavy atom. The minimum atomic E-state index is -0.312. The Hall–Kier alpha value is -4.32. The zero-order chi connectivity index (χ0) is 28.8. The predicted molar refractivity (Wildman–Crippen MR) is 158 cm³/mol. The number of rotatable bonds is 5. The van der Waals surface area contributed by atoms with Crippen molar-refractivity contribution in [1.82, 2.24) is 19.5 Å². The number of nitrogens with zero attached hydrogens (tertiary/aromatic N) is 5. The van der Waals surface area contributed by atoms with Crippen molar-refractivity contribution in [2.45, 2.75) is 12.1 Å². The van der Waals surface area contributed by atoms with Crippen LogP contribution >= 0.6 is 0 Å². The number of nitrogens with one attached hydrogen (secondary N) is 1. The van der Waals surface area contributed by atoms with Gasteiger partial charge in [-0.1, -0.05) is 18.2 Å². The molecule has 3 aromatic heterocycles. The number of pyridine rings is 1. The van der Waals surface area contributed by atoms with Gasteiger partial charge in [-0.3, -0.25) is 4.79 Å². The van der Waals surface area contributed by atoms with Crippen LogP contribution in [0, 0.1) is 5.82 Å². The number of aromatic amines is 1. The number of hydrogen-bond acceptors (Lipinski definition) is 8. The van der Waals surface area contributed by atoms with E-state index in [0.29, 0.717) is 50.9 Å². The number of benzene rings is 2. The Morgan fingerprint density at radius 3 is 2.76 bits per heavy atom. The van der Waals surface area contributed by atoms with E-state index in [4.69, 9.17) is 19.4 Å². The molecule has 5 heterocycles. The zero-order valence-electron chi connectivity index (χ0n) is 23.2. The van der Waals surface area contributed by atoms with Gasteiger partial charge in [0.2, 0.25) is 5.95 Å². The molecule has 2 saturated heterocycles. The van der Waals surface area contributed by atoms with Crippen LogP contribution in [0.1, 0.15) is 11.6 Å². The summed E-state index contributed by atoms with van der Waals surface area (Å²) in [5.74, 6) is 1.02. The first-order chi connectivity index (χ1) is 20.5. The van der Waals surface area contributed by atoms with Gasteiger partial charge in [0, 0.05) is 55.4 Å². The highest BCUT2D eigenvalue weighted by atomic mass is 19.1. The third-order valence-corrected chi connectivity index (χ3v) is 8.15. The minimum absolute atomic E-state index is 0.0798. The van der Waals surface area contributed by atoms with Crippen molar-refractivity contribution >= 4 is 33.6 Å². The maximum Gasteiger partial charge on any atom is 0.274 e. The van der Waals surface area contributed by atoms with Crippen LogP contribution in [0.3, 0.4) is 0 Å². The summed E-state index contributed by atoms with van der Waals surface area (Å²) < 4.78 is 27.0. The summed E-state index contributed by atoms with van der Waals surface area (Å²) in [7, 11) is 1.75. The average molecular weight is 571 g/mol. The second-order valence-corrected chi connectivity index (χ2v) is 10.8. The number of aromatic nitrogens is 4. The molecule has 2 aliphatic rings. The van der Waals surface area contributed by atoms with Crippen LogP contribution in [0.5, 0.6) is 0 Å². The SMILES string of the molecule is Cn1cc(-c2ccc3nc(N4CCOC(CO)C4)nc(N4CCOC[C@@H]4c4ccc(F)cc4)c3c2)c2cc[nH]c2c1=O. The fraction of sp³-hybridized carbons (Fsp3) is 0.323. The van der Waals surface area contributed by atoms with Crippen molar-refractivity contribution in [3.05, 3.63) is 82.7 Å². The highest BCUT2D eigenvalue weighted by molar-refractivity contribution is 5.99. The Labute approximate surface area is 240 Å². The third-order valence-electron chi connectivity index (χ3n) is 8.15. The molecule has 0 bridgehead atoms. The predicted octanol–water partition coefficient (Wildman–Crippen LogP) is 3.39. The van der Waals surface area contributed by atoms with Crippen LogP contribution in [0.4, 0.5) is 16.2 Å². The maximum atomic E-state index is 13.8. The number of halogens is 1. The summed E-state index contributed by atoms with van der Waals surface area (Å²) in [5.41, 5.74) is 4.01. The molecule has 7 rings (SSSR count). The van der Waals surface area contributed by atoms with E-state index in [0.717, 1.165) is 38.8 Å². The Balaban J connectivity index is 1.41. The number of aliphatic hydroxyl groups is 1. The quantitative estimate of drug-likeness (QED) is 0.331. The number of ether oxygens (including phenoxy) is 2. The number of aliphatic hydroxyl groups excluding tert-OH is 1. The molecule has 2 aromatic carbocycles. The molecule has 2 atom stereocenters. The van der Waals surface area contributed by atoms with E-state index in [1.807, 2.05) is 29.3 Å². The molecule has 5 aromatic rings. The largest absolute Gasteiger partial charge is 0.394 e. The van der Waals surface area contributed by atoms with Gasteiger partial charge in [0.1, 0.15) is 17.2 Å². The van der Waals surface area contributed by atoms with Crippen LogP contribution in [-0.4, -0.2) is 76.8 Å². The number of fused-ring (bicyclic) bond motifs is 2. The molecular weight excluding hydrogens is 539 g/mol. The monoisotopic (exact) mass is 570 g/mol. The van der Waals surface area contributed by atoms with E-state index in [1.54, 1.807) is 29.9 Å². The fourth-order valence-corrected chi connectivity index (χ4v) is 5.96. The van der Waals surface area contributed by atoms with Gasteiger partial charge in [0.05, 0.1) is 44.1 Å². The van der Waals surface area contributed by atoms with Gasteiger partial charge >= 0.3 is 0 Å². The van der Waals surface area contributed by atoms with E-state index in [9.17, 15) is 14.3 Å². The van der Waals surface area contributed by atoms with Crippen LogP contribution in [-0.2, 0) is 16.5 Å². The van der Waals surface area contributed by atoms with Gasteiger partial charge < -0.3 is 33.9 Å². The summed E-state index contributed by atoms with van der Waals surface area (Å²) in [6.07, 6.45) is 3.32. The van der Waals surface area contributed by atoms with Gasteiger partial charge in [-0.15, -0.1) is 0 Å². The molecular formula is C31H31FN6O4. The average Bonchev–Trinajstić information content (AvgIpc) is 3.53. The molecule has 1 unspecified atom stereocenters. The lowest BCUT2D eigenvalue weighted by atomic mass is 10.0. The summed E-state index contributed by atoms with van der Waals surface area (Å²) in [6.45, 7) is 3.01. The second kappa shape index (κ2) is 10.8. The molecule has 216 valence electrons. The number of morpholine rings is 2. The van der Waals surface area contributed by atoms with Crippen LogP contribution in [0.15, 0.2) is 65.7 Å². The molecule has 0 aliphatic carbocycles. The fourth-order valence-electron chi connectivity index (χ4n) is 5.96. The lowest BCUT2D eigenvalue weighted by Gasteiger charge is -2.38. The third kappa shape index (κ3) is 4.69. The molecule has 2 N–H and O–H groups in total. The van der Waals surface area contributed by atoms with Gasteiger partial charge in [0.25, 0.3) is 5.56 Å². The smallest absolute Gasteiger partial charge is 0.274 e. The highest BCUT2D eigenvalue weighted by Crippen LogP contribution is 2.37. The van der Waals surface area contributed by atoms with Gasteiger partial charge in [-0.25, -0.2) is 9.37 Å². The molecule has 0 radical (unpaired) electrons. The zero-order valence-corrected chi connectivity index (χ0v) is 23.2. The van der Waals surface area contributed by atoms with Crippen LogP contribution in [0.2, 0.25) is 0 Å². The standard InChI is InChI=1S/C31H31FN6O4/c1-36-16-25(23-8-9-33-28(23)30(36)40)20-4-7-26-24(14-20)29(35-31(34-26)37-10-13-42-22(15-37)17-39)38-11-12-41-18-27(38)19-2-5-21(32)6-3-19/h2-9,14,16,22,27,33,39H,10-13,15,17-18H2,1H3/t22?,27-/m1/s1. The van der Waals surface area contributed by atoms with Crippen molar-refractivity contribution in [2.75, 3.05) is 55.9 Å². The van der Waals surface area contributed by atoms with E-state index in [2.05, 4.69) is 16.0 Å². The maximum absolute atomic E-state index is 13.8. The molecule has 0 spiro atoms. The first-order valence-electron chi connectivity index (χ1n) is 14.1. The summed E-state index contributed by atoms with van der Waals surface area (Å²) in [5, 5.41) is 11.4. The van der Waals surface area contributed by atoms with E-state index >= 15 is 0 Å². The van der Waals surface area contributed by atoms with E-state index in [1.165, 1.54) is 12.1 Å². The topological polar surface area (TPSA) is 109 Å². The molecule has 2 aliphatic heterocycles. The molecule has 0 saturated carbocycles. The first-order valence-corrected chi connectivity index (χ1v) is 14.1. The molecule has 2 fully saturated rings. The molecule has 11 heteroatoms. The Kier molecular flexibility index (Phi) is 6.85. The number of anilines is 2. The normalized spacial score (nSPS) is 19.6. The van der Waals surface area contributed by atoms with Crippen molar-refractivity contribution in [3.63, 3.8) is 0 Å². The van der Waals surface area contributed by atoms with Crippen molar-refractivity contribution in [3.8, 4) is 11.1 Å². The minimum Gasteiger partial charge on any atom is -0.394 e. The van der Waals surface area contributed by atoms with Crippen molar-refractivity contribution in [1.29, 1.82) is 0 Å². The summed E-state index contributed by atoms with van der Waals surface area (Å²) in [6, 6.07) is 14.3. The lowest BCUT2D eigenvalue weighted by molar-refractivity contribution is 0.00315. The Bertz CT molecular complexity index is 1820. The summed E-state index contributed by atoms with van der Waals surface area (Å²) >= 11 is 0. The van der Waals surface area contributed by atoms with Gasteiger partial charge in [0.15, 0.2) is 0 Å². The van der Waals surface area contributed by atoms with E-state index < -0.39 is 0 Å². The molecule has 10 nitrogen and oxygen atoms in total. The van der Waals surface area contributed by atoms with Crippen LogP contribution in [0.25, 0.3) is 32.9 Å². The van der Waals surface area contributed by atoms with Crippen molar-refractivity contribution < 1.29 is 19.0 Å². The van der Waals surface area contributed by atoms with Gasteiger partial charge in [-0.2, -0.15) is 4.98 Å². The second-order valence-electron chi connectivity index (χ2n) is 10.8. The molecule has 0 amide bonds. The highest BCUT2D eigenvalue weighted by Gasteiger charge is 2.30. The Morgan fingerprint density at radius 1 is 1.07 bits per heavy atom. The number of H-pyrrole nitrogens is 1. The van der Waals surface area contributed by atoms with Gasteiger partial charge in [-0.05, 0) is 41.5 Å². The van der Waals surface area contributed by atoms with Crippen molar-refractivity contribution in [2.24, 2.45) is 7.05 Å². The summed E-state index contributed by atoms with van der Waals surface area (Å²) in [4.78, 5) is 30.2. The first kappa shape index (κ1) is 26.6. The number of aryl methyl sites for hydroxylation is 1.